The molecule has 0 atom stereocenters. The Morgan fingerprint density at radius 1 is 1.53 bits per heavy atom. The van der Waals surface area contributed by atoms with Crippen LogP contribution >= 0.6 is 0 Å². The van der Waals surface area contributed by atoms with Crippen molar-refractivity contribution in [2.75, 3.05) is 32.1 Å². The molecule has 0 amide bonds. The Hall–Kier alpha value is -1.82. The van der Waals surface area contributed by atoms with Crippen molar-refractivity contribution in [2.24, 2.45) is 0 Å². The summed E-state index contributed by atoms with van der Waals surface area (Å²) >= 11 is 0. The van der Waals surface area contributed by atoms with Crippen LogP contribution in [0.2, 0.25) is 0 Å². The number of nitrogens with one attached hydrogen (secondary N) is 1. The van der Waals surface area contributed by atoms with Crippen molar-refractivity contribution in [1.82, 2.24) is 5.32 Å². The summed E-state index contributed by atoms with van der Waals surface area (Å²) in [5.74, 6) is 0.501. The quantitative estimate of drug-likeness (QED) is 0.625. The van der Waals surface area contributed by atoms with Crippen molar-refractivity contribution in [2.45, 2.75) is 6.04 Å². The fourth-order valence-corrected chi connectivity index (χ4v) is 1.82. The highest BCUT2D eigenvalue weighted by Crippen LogP contribution is 2.32. The number of anilines is 1. The summed E-state index contributed by atoms with van der Waals surface area (Å²) in [5, 5.41) is 14.2. The molecule has 0 spiro atoms. The van der Waals surface area contributed by atoms with E-state index in [0.29, 0.717) is 17.5 Å². The normalized spacial score (nSPS) is 15.2. The van der Waals surface area contributed by atoms with E-state index in [4.69, 9.17) is 4.74 Å². The first-order valence-electron chi connectivity index (χ1n) is 5.39. The molecule has 6 nitrogen and oxygen atoms in total. The number of rotatable bonds is 4. The van der Waals surface area contributed by atoms with Crippen molar-refractivity contribution in [1.29, 1.82) is 0 Å². The van der Waals surface area contributed by atoms with Crippen LogP contribution in [-0.2, 0) is 0 Å². The molecule has 1 aromatic rings. The van der Waals surface area contributed by atoms with E-state index in [1.165, 1.54) is 13.2 Å². The molecule has 2 rings (SSSR count). The number of hydrogen-bond donors (Lipinski definition) is 1. The molecule has 1 saturated heterocycles. The lowest BCUT2D eigenvalue weighted by Gasteiger charge is -2.36. The Morgan fingerprint density at radius 2 is 2.24 bits per heavy atom. The Bertz CT molecular complexity index is 432. The molecule has 0 bridgehead atoms. The lowest BCUT2D eigenvalue weighted by molar-refractivity contribution is -0.384. The van der Waals surface area contributed by atoms with E-state index in [1.807, 2.05) is 11.9 Å². The maximum Gasteiger partial charge on any atom is 0.296 e. The molecule has 0 radical (unpaired) electrons. The third-order valence-electron chi connectivity index (χ3n) is 3.07. The first-order valence-corrected chi connectivity index (χ1v) is 5.39. The van der Waals surface area contributed by atoms with Gasteiger partial charge < -0.3 is 15.0 Å². The number of ether oxygens (including phenoxy) is 1. The summed E-state index contributed by atoms with van der Waals surface area (Å²) in [7, 11) is 3.37. The summed E-state index contributed by atoms with van der Waals surface area (Å²) in [4.78, 5) is 12.6. The van der Waals surface area contributed by atoms with Crippen LogP contribution < -0.4 is 15.0 Å². The van der Waals surface area contributed by atoms with Gasteiger partial charge in [-0.25, -0.2) is 0 Å². The Labute approximate surface area is 99.3 Å². The zero-order valence-corrected chi connectivity index (χ0v) is 9.84. The Balaban J connectivity index is 2.34. The standard InChI is InChI=1S/C11H15N3O3/c1-13(8-6-12-7-8)10-4-3-9(17-2)5-11(10)14(15)16/h3-5,8,12H,6-7H2,1-2H3. The third kappa shape index (κ3) is 2.16. The van der Waals surface area contributed by atoms with E-state index in [1.54, 1.807) is 12.1 Å². The van der Waals surface area contributed by atoms with E-state index in [9.17, 15) is 10.1 Å². The van der Waals surface area contributed by atoms with Crippen molar-refractivity contribution in [3.8, 4) is 5.75 Å². The van der Waals surface area contributed by atoms with Crippen LogP contribution in [0.4, 0.5) is 11.4 Å². The minimum absolute atomic E-state index is 0.0822. The first kappa shape index (κ1) is 11.7. The van der Waals surface area contributed by atoms with E-state index < -0.39 is 0 Å². The minimum atomic E-state index is -0.375. The van der Waals surface area contributed by atoms with Crippen LogP contribution in [0.15, 0.2) is 18.2 Å². The predicted molar refractivity (Wildman–Crippen MR) is 64.7 cm³/mol. The number of nitro groups is 1. The lowest BCUT2D eigenvalue weighted by atomic mass is 10.1. The fourth-order valence-electron chi connectivity index (χ4n) is 1.82. The maximum absolute atomic E-state index is 11.0. The van der Waals surface area contributed by atoms with E-state index in [0.717, 1.165) is 13.1 Å². The molecule has 6 heteroatoms. The number of hydrogen-bond acceptors (Lipinski definition) is 5. The van der Waals surface area contributed by atoms with E-state index >= 15 is 0 Å². The number of likely N-dealkylation sites (N-methyl/N-ethyl adjacent to an activating group) is 1. The van der Waals surface area contributed by atoms with Gasteiger partial charge in [-0.2, -0.15) is 0 Å². The second kappa shape index (κ2) is 4.58. The third-order valence-corrected chi connectivity index (χ3v) is 3.07. The largest absolute Gasteiger partial charge is 0.496 e. The van der Waals surface area contributed by atoms with Crippen LogP contribution in [0.1, 0.15) is 0 Å². The van der Waals surface area contributed by atoms with Gasteiger partial charge in [0.25, 0.3) is 5.69 Å². The topological polar surface area (TPSA) is 67.6 Å². The van der Waals surface area contributed by atoms with Crippen molar-refractivity contribution in [3.05, 3.63) is 28.3 Å². The summed E-state index contributed by atoms with van der Waals surface area (Å²) in [6, 6.07) is 5.25. The smallest absolute Gasteiger partial charge is 0.296 e. The zero-order valence-electron chi connectivity index (χ0n) is 9.84. The molecule has 92 valence electrons. The van der Waals surface area contributed by atoms with Crippen molar-refractivity contribution < 1.29 is 9.66 Å². The van der Waals surface area contributed by atoms with Crippen LogP contribution in [0.3, 0.4) is 0 Å². The Morgan fingerprint density at radius 3 is 2.71 bits per heavy atom. The molecule has 1 aliphatic rings. The minimum Gasteiger partial charge on any atom is -0.496 e. The fraction of sp³-hybridized carbons (Fsp3) is 0.455. The van der Waals surface area contributed by atoms with Gasteiger partial charge in [0.1, 0.15) is 11.4 Å². The van der Waals surface area contributed by atoms with Crippen molar-refractivity contribution in [3.63, 3.8) is 0 Å². The summed E-state index contributed by atoms with van der Waals surface area (Å²) < 4.78 is 5.01. The highest BCUT2D eigenvalue weighted by Gasteiger charge is 2.27. The second-order valence-corrected chi connectivity index (χ2v) is 4.03. The van der Waals surface area contributed by atoms with Gasteiger partial charge in [0.15, 0.2) is 0 Å². The van der Waals surface area contributed by atoms with Gasteiger partial charge in [0.2, 0.25) is 0 Å². The van der Waals surface area contributed by atoms with Gasteiger partial charge in [-0.05, 0) is 12.1 Å². The monoisotopic (exact) mass is 237 g/mol. The van der Waals surface area contributed by atoms with Crippen LogP contribution in [0.25, 0.3) is 0 Å². The molecule has 1 aliphatic heterocycles. The summed E-state index contributed by atoms with van der Waals surface area (Å²) in [6.45, 7) is 1.72. The molecule has 0 aromatic heterocycles. The zero-order chi connectivity index (χ0) is 12.4. The number of nitrogens with zero attached hydrogens (tertiary/aromatic N) is 2. The van der Waals surface area contributed by atoms with Gasteiger partial charge in [0, 0.05) is 20.1 Å². The first-order chi connectivity index (χ1) is 8.13. The second-order valence-electron chi connectivity index (χ2n) is 4.03. The summed E-state index contributed by atoms with van der Waals surface area (Å²) in [6.07, 6.45) is 0. The van der Waals surface area contributed by atoms with Gasteiger partial charge >= 0.3 is 0 Å². The van der Waals surface area contributed by atoms with Crippen molar-refractivity contribution >= 4 is 11.4 Å². The molecule has 1 heterocycles. The SMILES string of the molecule is COc1ccc(N(C)C2CNC2)c([N+](=O)[O-])c1. The highest BCUT2D eigenvalue weighted by molar-refractivity contribution is 5.66. The maximum atomic E-state index is 11.0. The molecular weight excluding hydrogens is 222 g/mol. The molecule has 0 aliphatic carbocycles. The van der Waals surface area contributed by atoms with E-state index in [2.05, 4.69) is 5.32 Å². The molecular formula is C11H15N3O3. The molecule has 1 aromatic carbocycles. The molecule has 1 fully saturated rings. The average molecular weight is 237 g/mol. The molecule has 1 N–H and O–H groups in total. The molecule has 17 heavy (non-hydrogen) atoms. The van der Waals surface area contributed by atoms with Crippen LogP contribution in [-0.4, -0.2) is 38.2 Å². The lowest BCUT2D eigenvalue weighted by Crippen LogP contribution is -2.56. The number of nitro benzene ring substituents is 1. The number of benzene rings is 1. The van der Waals surface area contributed by atoms with Crippen LogP contribution in [0.5, 0.6) is 5.75 Å². The Kier molecular flexibility index (Phi) is 3.14. The van der Waals surface area contributed by atoms with E-state index in [-0.39, 0.29) is 10.6 Å². The molecule has 0 saturated carbocycles. The van der Waals surface area contributed by atoms with Gasteiger partial charge in [-0.15, -0.1) is 0 Å². The van der Waals surface area contributed by atoms with Gasteiger partial charge in [-0.3, -0.25) is 10.1 Å². The molecule has 0 unspecified atom stereocenters. The average Bonchev–Trinajstić information content (AvgIpc) is 2.25. The predicted octanol–water partition coefficient (Wildman–Crippen LogP) is 1.01. The van der Waals surface area contributed by atoms with Gasteiger partial charge in [-0.1, -0.05) is 0 Å². The highest BCUT2D eigenvalue weighted by atomic mass is 16.6. The summed E-state index contributed by atoms with van der Waals surface area (Å²) in [5.41, 5.74) is 0.709. The van der Waals surface area contributed by atoms with Crippen LogP contribution in [0, 0.1) is 10.1 Å². The van der Waals surface area contributed by atoms with Gasteiger partial charge in [0.05, 0.1) is 24.1 Å². The number of methoxy groups -OCH3 is 1.